The van der Waals surface area contributed by atoms with E-state index >= 15 is 0 Å². The monoisotopic (exact) mass is 494 g/mol. The lowest BCUT2D eigenvalue weighted by atomic mass is 10.2. The summed E-state index contributed by atoms with van der Waals surface area (Å²) in [5.74, 6) is -1.86. The van der Waals surface area contributed by atoms with Crippen molar-refractivity contribution in [2.45, 2.75) is 13.3 Å². The molecular weight excluding hydrogens is 477 g/mol. The van der Waals surface area contributed by atoms with Crippen molar-refractivity contribution in [3.63, 3.8) is 0 Å². The van der Waals surface area contributed by atoms with Crippen LogP contribution in [0.2, 0.25) is 5.02 Å². The van der Waals surface area contributed by atoms with Gasteiger partial charge in [0, 0.05) is 29.5 Å². The molecule has 2 amide bonds. The van der Waals surface area contributed by atoms with Crippen molar-refractivity contribution in [2.24, 2.45) is 0 Å². The van der Waals surface area contributed by atoms with E-state index in [1.54, 1.807) is 31.2 Å². The second kappa shape index (κ2) is 9.96. The fourth-order valence-electron chi connectivity index (χ4n) is 2.95. The number of anilines is 1. The van der Waals surface area contributed by atoms with E-state index in [0.717, 1.165) is 17.0 Å². The molecule has 0 bridgehead atoms. The lowest BCUT2D eigenvalue weighted by Gasteiger charge is -2.17. The third-order valence-electron chi connectivity index (χ3n) is 4.48. The van der Waals surface area contributed by atoms with E-state index in [0.29, 0.717) is 16.4 Å². The molecule has 8 nitrogen and oxygen atoms in total. The van der Waals surface area contributed by atoms with Gasteiger partial charge in [-0.25, -0.2) is 4.68 Å². The Hall–Kier alpha value is -3.86. The quantitative estimate of drug-likeness (QED) is 0.562. The number of alkyl halides is 3. The fraction of sp³-hybridized carbons (Fsp3) is 0.182. The number of halogens is 4. The minimum atomic E-state index is -4.83. The molecule has 0 atom stereocenters. The summed E-state index contributed by atoms with van der Waals surface area (Å²) in [5, 5.41) is 7.11. The Labute approximate surface area is 196 Å². The number of nitrogens with zero attached hydrogens (tertiary/aromatic N) is 3. The van der Waals surface area contributed by atoms with E-state index in [1.807, 2.05) is 0 Å². The molecular formula is C22H18ClF3N4O4. The minimum absolute atomic E-state index is 0.193. The number of carbonyl (C=O) groups excluding carboxylic acids is 2. The first-order chi connectivity index (χ1) is 15.9. The van der Waals surface area contributed by atoms with Crippen LogP contribution in [0.15, 0.2) is 59.4 Å². The van der Waals surface area contributed by atoms with Crippen LogP contribution in [0.4, 0.5) is 18.9 Å². The number of aromatic nitrogens is 2. The first-order valence-corrected chi connectivity index (χ1v) is 10.1. The van der Waals surface area contributed by atoms with Crippen molar-refractivity contribution in [2.75, 3.05) is 18.9 Å². The van der Waals surface area contributed by atoms with Crippen LogP contribution in [0, 0.1) is 6.92 Å². The number of rotatable bonds is 6. The zero-order chi connectivity index (χ0) is 25.0. The molecule has 3 rings (SSSR count). The summed E-state index contributed by atoms with van der Waals surface area (Å²) >= 11 is 5.90. The van der Waals surface area contributed by atoms with Gasteiger partial charge in [-0.15, -0.1) is 13.2 Å². The van der Waals surface area contributed by atoms with E-state index in [-0.39, 0.29) is 11.4 Å². The van der Waals surface area contributed by atoms with E-state index < -0.39 is 35.9 Å². The predicted octanol–water partition coefficient (Wildman–Crippen LogP) is 3.80. The van der Waals surface area contributed by atoms with Crippen molar-refractivity contribution in [1.29, 1.82) is 0 Å². The van der Waals surface area contributed by atoms with Crippen LogP contribution in [0.1, 0.15) is 16.2 Å². The van der Waals surface area contributed by atoms with Crippen LogP contribution < -0.4 is 15.5 Å². The average Bonchev–Trinajstić information content (AvgIpc) is 2.74. The maximum atomic E-state index is 12.8. The van der Waals surface area contributed by atoms with Crippen molar-refractivity contribution >= 4 is 29.1 Å². The number of amides is 2. The van der Waals surface area contributed by atoms with Gasteiger partial charge in [0.2, 0.25) is 11.3 Å². The average molecular weight is 495 g/mol. The lowest BCUT2D eigenvalue weighted by Crippen LogP contribution is -2.38. The van der Waals surface area contributed by atoms with Crippen molar-refractivity contribution in [1.82, 2.24) is 14.7 Å². The molecule has 12 heteroatoms. The largest absolute Gasteiger partial charge is 0.573 e. The van der Waals surface area contributed by atoms with Crippen molar-refractivity contribution in [3.05, 3.63) is 81.2 Å². The summed E-state index contributed by atoms with van der Waals surface area (Å²) in [4.78, 5) is 38.5. The SMILES string of the molecule is Cc1cc(=O)c(C(=O)N(C)CC(=O)Nc2ccc(OC(F)(F)F)cc2)nn1-c1ccc(Cl)cc1. The number of nitrogens with one attached hydrogen (secondary N) is 1. The number of hydrogen-bond acceptors (Lipinski definition) is 5. The van der Waals surface area contributed by atoms with Gasteiger partial charge in [-0.05, 0) is 55.5 Å². The van der Waals surface area contributed by atoms with Gasteiger partial charge in [0.15, 0.2) is 5.69 Å². The molecule has 1 heterocycles. The van der Waals surface area contributed by atoms with E-state index in [1.165, 1.54) is 29.9 Å². The Bertz CT molecular complexity index is 1260. The second-order valence-corrected chi connectivity index (χ2v) is 7.60. The molecule has 0 aliphatic heterocycles. The third-order valence-corrected chi connectivity index (χ3v) is 4.73. The standard InChI is InChI=1S/C22H18ClF3N4O4/c1-13-11-18(31)20(28-30(13)16-7-3-14(23)4-8-16)21(33)29(2)12-19(32)27-15-5-9-17(10-6-15)34-22(24,25)26/h3-11H,12H2,1-2H3,(H,27,32). The maximum Gasteiger partial charge on any atom is 0.573 e. The summed E-state index contributed by atoms with van der Waals surface area (Å²) in [7, 11) is 1.32. The Balaban J connectivity index is 1.70. The molecule has 0 saturated heterocycles. The van der Waals surface area contributed by atoms with Crippen LogP contribution in [-0.2, 0) is 4.79 Å². The number of hydrogen-bond donors (Lipinski definition) is 1. The molecule has 2 aromatic carbocycles. The Morgan fingerprint density at radius 3 is 2.32 bits per heavy atom. The van der Waals surface area contributed by atoms with Crippen molar-refractivity contribution in [3.8, 4) is 11.4 Å². The molecule has 0 radical (unpaired) electrons. The molecule has 34 heavy (non-hydrogen) atoms. The number of likely N-dealkylation sites (N-methyl/N-ethyl adjacent to an activating group) is 1. The molecule has 0 unspecified atom stereocenters. The topological polar surface area (TPSA) is 93.5 Å². The lowest BCUT2D eigenvalue weighted by molar-refractivity contribution is -0.274. The highest BCUT2D eigenvalue weighted by molar-refractivity contribution is 6.30. The normalized spacial score (nSPS) is 11.1. The molecule has 1 N–H and O–H groups in total. The molecule has 178 valence electrons. The first kappa shape index (κ1) is 24.8. The predicted molar refractivity (Wildman–Crippen MR) is 118 cm³/mol. The molecule has 1 aromatic heterocycles. The van der Waals surface area contributed by atoms with Crippen LogP contribution in [-0.4, -0.2) is 46.4 Å². The Kier molecular flexibility index (Phi) is 7.26. The van der Waals surface area contributed by atoms with Gasteiger partial charge in [0.1, 0.15) is 5.75 Å². The maximum absolute atomic E-state index is 12.8. The highest BCUT2D eigenvalue weighted by Crippen LogP contribution is 2.24. The first-order valence-electron chi connectivity index (χ1n) is 9.71. The summed E-state index contributed by atoms with van der Waals surface area (Å²) < 4.78 is 41.9. The van der Waals surface area contributed by atoms with Gasteiger partial charge in [-0.2, -0.15) is 5.10 Å². The molecule has 0 fully saturated rings. The van der Waals surface area contributed by atoms with Crippen LogP contribution in [0.25, 0.3) is 5.69 Å². The van der Waals surface area contributed by atoms with E-state index in [2.05, 4.69) is 15.2 Å². The summed E-state index contributed by atoms with van der Waals surface area (Å²) in [6, 6.07) is 12.4. The molecule has 0 saturated carbocycles. The zero-order valence-corrected chi connectivity index (χ0v) is 18.6. The molecule has 3 aromatic rings. The van der Waals surface area contributed by atoms with Crippen LogP contribution in [0.5, 0.6) is 5.75 Å². The summed E-state index contributed by atoms with van der Waals surface area (Å²) in [6.07, 6.45) is -4.83. The second-order valence-electron chi connectivity index (χ2n) is 7.17. The summed E-state index contributed by atoms with van der Waals surface area (Å²) in [5.41, 5.74) is 0.264. The van der Waals surface area contributed by atoms with Crippen molar-refractivity contribution < 1.29 is 27.5 Å². The number of benzene rings is 2. The van der Waals surface area contributed by atoms with E-state index in [9.17, 15) is 27.6 Å². The molecule has 0 spiro atoms. The van der Waals surface area contributed by atoms with E-state index in [4.69, 9.17) is 11.6 Å². The number of carbonyl (C=O) groups is 2. The van der Waals surface area contributed by atoms with Gasteiger partial charge < -0.3 is 15.0 Å². The van der Waals surface area contributed by atoms with Crippen LogP contribution in [0.3, 0.4) is 0 Å². The zero-order valence-electron chi connectivity index (χ0n) is 17.9. The smallest absolute Gasteiger partial charge is 0.406 e. The van der Waals surface area contributed by atoms with Gasteiger partial charge in [-0.3, -0.25) is 14.4 Å². The Morgan fingerprint density at radius 2 is 1.74 bits per heavy atom. The summed E-state index contributed by atoms with van der Waals surface area (Å²) in [6.45, 7) is 1.22. The highest BCUT2D eigenvalue weighted by atomic mass is 35.5. The number of ether oxygens (including phenoxy) is 1. The van der Waals surface area contributed by atoms with Gasteiger partial charge in [-0.1, -0.05) is 11.6 Å². The Morgan fingerprint density at radius 1 is 1.12 bits per heavy atom. The third kappa shape index (κ3) is 6.35. The fourth-order valence-corrected chi connectivity index (χ4v) is 3.07. The minimum Gasteiger partial charge on any atom is -0.406 e. The van der Waals surface area contributed by atoms with Gasteiger partial charge in [0.05, 0.1) is 12.2 Å². The highest BCUT2D eigenvalue weighted by Gasteiger charge is 2.31. The molecule has 0 aliphatic carbocycles. The number of aryl methyl sites for hydroxylation is 1. The molecule has 0 aliphatic rings. The van der Waals surface area contributed by atoms with Gasteiger partial charge in [0.25, 0.3) is 5.91 Å². The van der Waals surface area contributed by atoms with Gasteiger partial charge >= 0.3 is 6.36 Å². The van der Waals surface area contributed by atoms with Crippen LogP contribution >= 0.6 is 11.6 Å².